The maximum absolute atomic E-state index is 9.13. The summed E-state index contributed by atoms with van der Waals surface area (Å²) in [6.07, 6.45) is 9.27. The zero-order valence-corrected chi connectivity index (χ0v) is 35.8. The van der Waals surface area contributed by atoms with Crippen LogP contribution in [0.1, 0.15) is 98.7 Å². The molecule has 0 saturated carbocycles. The number of hydrogen-bond donors (Lipinski definition) is 0. The second-order valence-electron chi connectivity index (χ2n) is 16.5. The highest BCUT2D eigenvalue weighted by Crippen LogP contribution is 2.65. The summed E-state index contributed by atoms with van der Waals surface area (Å²) < 4.78 is 31.3. The lowest BCUT2D eigenvalue weighted by Crippen LogP contribution is -2.46. The van der Waals surface area contributed by atoms with Gasteiger partial charge in [0.05, 0.1) is 38.9 Å². The molecule has 0 radical (unpaired) electrons. The monoisotopic (exact) mass is 815 g/mol. The third-order valence-electron chi connectivity index (χ3n) is 12.4. The van der Waals surface area contributed by atoms with E-state index in [9.17, 15) is 0 Å². The van der Waals surface area contributed by atoms with Crippen LogP contribution in [0, 0.1) is 11.3 Å². The normalized spacial score (nSPS) is 19.4. The Kier molecular flexibility index (Phi) is 11.3. The van der Waals surface area contributed by atoms with Gasteiger partial charge >= 0.3 is 0 Å². The molecule has 0 N–H and O–H groups in total. The quantitative estimate of drug-likeness (QED) is 0.0947. The Morgan fingerprint density at radius 1 is 0.804 bits per heavy atom. The van der Waals surface area contributed by atoms with Gasteiger partial charge in [-0.3, -0.25) is 0 Å². The van der Waals surface area contributed by atoms with Gasteiger partial charge in [-0.15, -0.1) is 0 Å². The first-order valence-corrected chi connectivity index (χ1v) is 23.2. The van der Waals surface area contributed by atoms with Crippen molar-refractivity contribution in [2.45, 2.75) is 108 Å². The minimum absolute atomic E-state index is 0.249. The second kappa shape index (κ2) is 16.2. The van der Waals surface area contributed by atoms with Crippen LogP contribution in [0.3, 0.4) is 0 Å². The first-order chi connectivity index (χ1) is 27.3. The van der Waals surface area contributed by atoms with Crippen LogP contribution >= 0.6 is 32.1 Å². The van der Waals surface area contributed by atoms with Gasteiger partial charge in [-0.25, -0.2) is 8.98 Å². The minimum atomic E-state index is -1.31. The number of rotatable bonds is 13. The summed E-state index contributed by atoms with van der Waals surface area (Å²) in [5.74, 6) is 2.17. The Morgan fingerprint density at radius 3 is 1.98 bits per heavy atom. The first-order valence-electron chi connectivity index (χ1n) is 20.9. The van der Waals surface area contributed by atoms with Crippen LogP contribution in [0.25, 0.3) is 0 Å². The number of hydrogen-bond acceptors (Lipinski definition) is 10. The van der Waals surface area contributed by atoms with E-state index in [1.165, 1.54) is 68.1 Å². The fourth-order valence-corrected chi connectivity index (χ4v) is 13.5. The van der Waals surface area contributed by atoms with Crippen molar-refractivity contribution in [3.8, 4) is 17.6 Å². The summed E-state index contributed by atoms with van der Waals surface area (Å²) in [4.78, 5) is 6.47. The Balaban J connectivity index is 1.09. The molecule has 0 amide bonds. The molecule has 6 aliphatic heterocycles. The SMILES string of the molecule is CC(C)N(C(C)C)P(OCCC#N)OCCOCCN1Sc2cc(Cl)ccc2C12c1cc3c4c(c1Oc1c2cc2c5c1CCCN5CCC2)CCCN4CCC3. The summed E-state index contributed by atoms with van der Waals surface area (Å²) in [7, 11) is -1.31. The Morgan fingerprint density at radius 2 is 1.39 bits per heavy atom. The van der Waals surface area contributed by atoms with Crippen molar-refractivity contribution in [3.63, 3.8) is 0 Å². The molecule has 0 bridgehead atoms. The van der Waals surface area contributed by atoms with E-state index in [0.29, 0.717) is 39.4 Å². The van der Waals surface area contributed by atoms with Crippen molar-refractivity contribution in [1.29, 1.82) is 5.26 Å². The van der Waals surface area contributed by atoms with Crippen LogP contribution in [-0.4, -0.2) is 80.2 Å². The van der Waals surface area contributed by atoms with Crippen molar-refractivity contribution in [2.24, 2.45) is 0 Å². The highest BCUT2D eigenvalue weighted by Gasteiger charge is 2.56. The summed E-state index contributed by atoms with van der Waals surface area (Å²) in [6.45, 7) is 15.6. The number of fused-ring (bicyclic) bond motifs is 8. The van der Waals surface area contributed by atoms with Crippen LogP contribution in [0.4, 0.5) is 11.4 Å². The van der Waals surface area contributed by atoms with Gasteiger partial charge in [0.15, 0.2) is 0 Å². The molecular weight excluding hydrogens is 761 g/mol. The summed E-state index contributed by atoms with van der Waals surface area (Å²) in [5, 5.41) is 9.89. The highest BCUT2D eigenvalue weighted by atomic mass is 35.5. The molecule has 1 unspecified atom stereocenters. The van der Waals surface area contributed by atoms with Crippen molar-refractivity contribution in [3.05, 3.63) is 74.3 Å². The molecule has 1 spiro atoms. The molecular formula is C44H55ClN5O4PS. The summed E-state index contributed by atoms with van der Waals surface area (Å²) in [5.41, 5.74) is 11.9. The predicted molar refractivity (Wildman–Crippen MR) is 227 cm³/mol. The topological polar surface area (TPSA) is 73.7 Å². The van der Waals surface area contributed by atoms with Gasteiger partial charge in [0.2, 0.25) is 0 Å². The smallest absolute Gasteiger partial charge is 0.259 e. The molecule has 6 heterocycles. The van der Waals surface area contributed by atoms with Crippen LogP contribution in [0.15, 0.2) is 35.2 Å². The van der Waals surface area contributed by atoms with E-state index >= 15 is 0 Å². The van der Waals surface area contributed by atoms with Crippen molar-refractivity contribution in [1.82, 2.24) is 8.98 Å². The van der Waals surface area contributed by atoms with E-state index in [2.05, 4.69) is 82.9 Å². The average molecular weight is 816 g/mol. The lowest BCUT2D eigenvalue weighted by molar-refractivity contribution is 0.0770. The third kappa shape index (κ3) is 6.63. The highest BCUT2D eigenvalue weighted by molar-refractivity contribution is 7.97. The molecule has 0 aliphatic carbocycles. The maximum Gasteiger partial charge on any atom is 0.259 e. The third-order valence-corrected chi connectivity index (χ3v) is 15.9. The van der Waals surface area contributed by atoms with E-state index in [-0.39, 0.29) is 12.1 Å². The maximum atomic E-state index is 9.13. The number of nitriles is 1. The van der Waals surface area contributed by atoms with Crippen LogP contribution in [0.2, 0.25) is 5.02 Å². The molecule has 12 heteroatoms. The molecule has 0 fully saturated rings. The Hall–Kier alpha value is -2.58. The fraction of sp³-hybridized carbons (Fsp3) is 0.568. The summed E-state index contributed by atoms with van der Waals surface area (Å²) >= 11 is 8.60. The van der Waals surface area contributed by atoms with E-state index in [1.54, 1.807) is 0 Å². The van der Waals surface area contributed by atoms with Crippen molar-refractivity contribution >= 4 is 43.4 Å². The number of benzene rings is 3. The van der Waals surface area contributed by atoms with Crippen LogP contribution in [-0.2, 0) is 45.0 Å². The molecule has 3 aromatic rings. The lowest BCUT2D eigenvalue weighted by Gasteiger charge is -2.48. The van der Waals surface area contributed by atoms with E-state index in [0.717, 1.165) is 81.2 Å². The van der Waals surface area contributed by atoms with Gasteiger partial charge in [-0.1, -0.05) is 17.7 Å². The predicted octanol–water partition coefficient (Wildman–Crippen LogP) is 9.77. The zero-order valence-electron chi connectivity index (χ0n) is 33.4. The largest absolute Gasteiger partial charge is 0.456 e. The van der Waals surface area contributed by atoms with Crippen molar-refractivity contribution in [2.75, 3.05) is 69.0 Å². The fourth-order valence-electron chi connectivity index (χ4n) is 10.4. The molecule has 0 saturated heterocycles. The Bertz CT molecular complexity index is 1930. The molecule has 1 atom stereocenters. The van der Waals surface area contributed by atoms with E-state index in [1.807, 2.05) is 11.9 Å². The molecule has 0 aromatic heterocycles. The molecule has 9 nitrogen and oxygen atoms in total. The van der Waals surface area contributed by atoms with Crippen LogP contribution < -0.4 is 14.5 Å². The minimum Gasteiger partial charge on any atom is -0.456 e. The van der Waals surface area contributed by atoms with Gasteiger partial charge in [0, 0.05) is 88.4 Å². The van der Waals surface area contributed by atoms with E-state index < -0.39 is 14.1 Å². The molecule has 3 aromatic carbocycles. The second-order valence-corrected chi connectivity index (χ2v) is 19.5. The van der Waals surface area contributed by atoms with Crippen LogP contribution in [0.5, 0.6) is 11.5 Å². The van der Waals surface area contributed by atoms with Gasteiger partial charge < -0.3 is 28.3 Å². The molecule has 56 heavy (non-hydrogen) atoms. The van der Waals surface area contributed by atoms with E-state index in [4.69, 9.17) is 35.4 Å². The van der Waals surface area contributed by atoms with Gasteiger partial charge in [-0.2, -0.15) is 5.26 Å². The van der Waals surface area contributed by atoms with Gasteiger partial charge in [0.1, 0.15) is 17.0 Å². The number of nitrogens with zero attached hydrogens (tertiary/aromatic N) is 5. The molecule has 6 aliphatic rings. The zero-order chi connectivity index (χ0) is 38.6. The number of aryl methyl sites for hydroxylation is 2. The lowest BCUT2D eigenvalue weighted by atomic mass is 9.70. The molecule has 9 rings (SSSR count). The molecule has 298 valence electrons. The van der Waals surface area contributed by atoms with Gasteiger partial charge in [-0.05, 0) is 132 Å². The first kappa shape index (κ1) is 38.9. The van der Waals surface area contributed by atoms with Crippen molar-refractivity contribution < 1.29 is 18.5 Å². The number of halogens is 1. The number of anilines is 2. The summed E-state index contributed by atoms with van der Waals surface area (Å²) in [6, 6.07) is 14.3. The standard InChI is InChI=1S/C44H55ClN5O4PS/c1-29(2)50(30(3)4)55(52-22-9-16-46)53-25-24-51-23-21-49-44(36-15-14-33(45)28-39(36)56-49)37-26-31-10-5-17-47-19-7-12-34(40(31)47)42(37)54-43-35-13-8-20-48-18-6-11-32(41(35)48)27-38(43)44/h14-15,26-30H,5-13,17-25H2,1-4H3. The average Bonchev–Trinajstić information content (AvgIpc) is 3.50. The van der Waals surface area contributed by atoms with Gasteiger partial charge in [0.25, 0.3) is 8.53 Å². The Labute approximate surface area is 343 Å². The number of ether oxygens (including phenoxy) is 2.